The fourth-order valence-corrected chi connectivity index (χ4v) is 3.19. The van der Waals surface area contributed by atoms with Crippen LogP contribution in [0.1, 0.15) is 17.5 Å². The molecule has 0 atom stereocenters. The van der Waals surface area contributed by atoms with E-state index >= 15 is 0 Å². The molecule has 2 aromatic rings. The van der Waals surface area contributed by atoms with Crippen molar-refractivity contribution in [2.45, 2.75) is 19.3 Å². The predicted octanol–water partition coefficient (Wildman–Crippen LogP) is 2.67. The molecule has 3 rings (SSSR count). The highest BCUT2D eigenvalue weighted by Gasteiger charge is 2.23. The van der Waals surface area contributed by atoms with Gasteiger partial charge < -0.3 is 9.80 Å². The van der Waals surface area contributed by atoms with Gasteiger partial charge in [0.1, 0.15) is 5.82 Å². The van der Waals surface area contributed by atoms with E-state index in [1.807, 2.05) is 35.2 Å². The van der Waals surface area contributed by atoms with Gasteiger partial charge in [-0.15, -0.1) is 0 Å². The standard InChI is InChI=1S/C21H23FN2O2/c22-19-8-4-7-18(15-19)16-21(26)24-13-11-23(12-14-24)20(25)10-9-17-5-2-1-3-6-17/h1-8,15H,9-14,16H2. The first kappa shape index (κ1) is 18.1. The van der Waals surface area contributed by atoms with Gasteiger partial charge >= 0.3 is 0 Å². The number of hydrogen-bond acceptors (Lipinski definition) is 2. The second-order valence-corrected chi connectivity index (χ2v) is 6.55. The van der Waals surface area contributed by atoms with Crippen molar-refractivity contribution in [3.05, 3.63) is 71.5 Å². The van der Waals surface area contributed by atoms with Gasteiger partial charge in [0.2, 0.25) is 11.8 Å². The summed E-state index contributed by atoms with van der Waals surface area (Å²) in [5.41, 5.74) is 1.83. The number of rotatable bonds is 5. The molecular weight excluding hydrogens is 331 g/mol. The third kappa shape index (κ3) is 4.91. The zero-order valence-electron chi connectivity index (χ0n) is 14.7. The number of piperazine rings is 1. The van der Waals surface area contributed by atoms with Gasteiger partial charge in [0.25, 0.3) is 0 Å². The molecule has 0 aliphatic carbocycles. The predicted molar refractivity (Wildman–Crippen MR) is 98.0 cm³/mol. The van der Waals surface area contributed by atoms with Gasteiger partial charge in [-0.3, -0.25) is 9.59 Å². The van der Waals surface area contributed by atoms with E-state index in [4.69, 9.17) is 0 Å². The van der Waals surface area contributed by atoms with Crippen LogP contribution in [-0.2, 0) is 22.4 Å². The SMILES string of the molecule is O=C(CCc1ccccc1)N1CCN(C(=O)Cc2cccc(F)c2)CC1. The number of carbonyl (C=O) groups is 2. The fraction of sp³-hybridized carbons (Fsp3) is 0.333. The van der Waals surface area contributed by atoms with Crippen molar-refractivity contribution in [1.82, 2.24) is 9.80 Å². The lowest BCUT2D eigenvalue weighted by Gasteiger charge is -2.35. The Morgan fingerprint density at radius 1 is 0.808 bits per heavy atom. The third-order valence-electron chi connectivity index (χ3n) is 4.70. The molecule has 136 valence electrons. The zero-order chi connectivity index (χ0) is 18.4. The molecule has 0 N–H and O–H groups in total. The van der Waals surface area contributed by atoms with Crippen LogP contribution < -0.4 is 0 Å². The highest BCUT2D eigenvalue weighted by molar-refractivity contribution is 5.80. The highest BCUT2D eigenvalue weighted by atomic mass is 19.1. The van der Waals surface area contributed by atoms with Crippen LogP contribution in [0.3, 0.4) is 0 Å². The monoisotopic (exact) mass is 354 g/mol. The van der Waals surface area contributed by atoms with E-state index in [9.17, 15) is 14.0 Å². The van der Waals surface area contributed by atoms with Crippen LogP contribution in [0.4, 0.5) is 4.39 Å². The van der Waals surface area contributed by atoms with E-state index in [2.05, 4.69) is 0 Å². The van der Waals surface area contributed by atoms with Crippen molar-refractivity contribution in [3.63, 3.8) is 0 Å². The Kier molecular flexibility index (Phi) is 6.00. The quantitative estimate of drug-likeness (QED) is 0.828. The molecular formula is C21H23FN2O2. The molecule has 0 radical (unpaired) electrons. The largest absolute Gasteiger partial charge is 0.339 e. The lowest BCUT2D eigenvalue weighted by Crippen LogP contribution is -2.51. The molecule has 2 amide bonds. The van der Waals surface area contributed by atoms with Crippen LogP contribution in [0.5, 0.6) is 0 Å². The number of nitrogens with zero attached hydrogens (tertiary/aromatic N) is 2. The van der Waals surface area contributed by atoms with Gasteiger partial charge in [0, 0.05) is 32.6 Å². The Morgan fingerprint density at radius 3 is 2.08 bits per heavy atom. The Bertz CT molecular complexity index is 756. The van der Waals surface area contributed by atoms with Gasteiger partial charge in [0.15, 0.2) is 0 Å². The second kappa shape index (κ2) is 8.61. The van der Waals surface area contributed by atoms with E-state index in [1.54, 1.807) is 17.0 Å². The lowest BCUT2D eigenvalue weighted by molar-refractivity contribution is -0.139. The summed E-state index contributed by atoms with van der Waals surface area (Å²) in [7, 11) is 0. The van der Waals surface area contributed by atoms with Crippen LogP contribution in [0.15, 0.2) is 54.6 Å². The number of aryl methyl sites for hydroxylation is 1. The number of hydrogen-bond donors (Lipinski definition) is 0. The van der Waals surface area contributed by atoms with Gasteiger partial charge in [0.05, 0.1) is 6.42 Å². The summed E-state index contributed by atoms with van der Waals surface area (Å²) in [5, 5.41) is 0. The van der Waals surface area contributed by atoms with Crippen LogP contribution in [0, 0.1) is 5.82 Å². The summed E-state index contributed by atoms with van der Waals surface area (Å²) in [6.07, 6.45) is 1.42. The maximum Gasteiger partial charge on any atom is 0.227 e. The second-order valence-electron chi connectivity index (χ2n) is 6.55. The molecule has 1 aliphatic heterocycles. The van der Waals surface area contributed by atoms with E-state index in [1.165, 1.54) is 12.1 Å². The number of benzene rings is 2. The van der Waals surface area contributed by atoms with Gasteiger partial charge in [-0.25, -0.2) is 4.39 Å². The Balaban J connectivity index is 1.44. The molecule has 0 unspecified atom stereocenters. The fourth-order valence-electron chi connectivity index (χ4n) is 3.19. The van der Waals surface area contributed by atoms with Crippen molar-refractivity contribution in [3.8, 4) is 0 Å². The van der Waals surface area contributed by atoms with Crippen LogP contribution in [0.2, 0.25) is 0 Å². The molecule has 26 heavy (non-hydrogen) atoms. The average molecular weight is 354 g/mol. The highest BCUT2D eigenvalue weighted by Crippen LogP contribution is 2.11. The van der Waals surface area contributed by atoms with Crippen molar-refractivity contribution >= 4 is 11.8 Å². The number of amides is 2. The summed E-state index contributed by atoms with van der Waals surface area (Å²) in [5.74, 6) is -0.220. The smallest absolute Gasteiger partial charge is 0.227 e. The molecule has 5 heteroatoms. The minimum atomic E-state index is -0.330. The molecule has 2 aromatic carbocycles. The molecule has 1 aliphatic rings. The Morgan fingerprint density at radius 2 is 1.42 bits per heavy atom. The zero-order valence-corrected chi connectivity index (χ0v) is 14.7. The maximum atomic E-state index is 13.2. The van der Waals surface area contributed by atoms with E-state index in [0.29, 0.717) is 38.2 Å². The summed E-state index contributed by atoms with van der Waals surface area (Å²) >= 11 is 0. The van der Waals surface area contributed by atoms with Crippen molar-refractivity contribution in [2.24, 2.45) is 0 Å². The van der Waals surface area contributed by atoms with Gasteiger partial charge in [-0.2, -0.15) is 0 Å². The molecule has 0 saturated carbocycles. The van der Waals surface area contributed by atoms with Crippen molar-refractivity contribution in [2.75, 3.05) is 26.2 Å². The minimum absolute atomic E-state index is 0.0213. The lowest BCUT2D eigenvalue weighted by atomic mass is 10.1. The molecule has 0 aromatic heterocycles. The first-order chi connectivity index (χ1) is 12.6. The maximum absolute atomic E-state index is 13.2. The number of halogens is 1. The molecule has 1 fully saturated rings. The van der Waals surface area contributed by atoms with Crippen LogP contribution in [-0.4, -0.2) is 47.8 Å². The molecule has 4 nitrogen and oxygen atoms in total. The Labute approximate surface area is 153 Å². The van der Waals surface area contributed by atoms with Gasteiger partial charge in [-0.05, 0) is 29.7 Å². The van der Waals surface area contributed by atoms with Crippen LogP contribution in [0.25, 0.3) is 0 Å². The third-order valence-corrected chi connectivity index (χ3v) is 4.70. The first-order valence-corrected chi connectivity index (χ1v) is 8.96. The normalized spacial score (nSPS) is 14.3. The summed E-state index contributed by atoms with van der Waals surface area (Å²) < 4.78 is 13.2. The topological polar surface area (TPSA) is 40.6 Å². The van der Waals surface area contributed by atoms with Crippen molar-refractivity contribution < 1.29 is 14.0 Å². The summed E-state index contributed by atoms with van der Waals surface area (Å²) in [6, 6.07) is 16.1. The van der Waals surface area contributed by atoms with Crippen LogP contribution >= 0.6 is 0 Å². The summed E-state index contributed by atoms with van der Waals surface area (Å²) in [4.78, 5) is 28.3. The first-order valence-electron chi connectivity index (χ1n) is 8.96. The van der Waals surface area contributed by atoms with E-state index in [-0.39, 0.29) is 24.1 Å². The molecule has 1 heterocycles. The Hall–Kier alpha value is -2.69. The molecule has 0 bridgehead atoms. The molecule has 0 spiro atoms. The van der Waals surface area contributed by atoms with Crippen molar-refractivity contribution in [1.29, 1.82) is 0 Å². The minimum Gasteiger partial charge on any atom is -0.339 e. The van der Waals surface area contributed by atoms with E-state index < -0.39 is 0 Å². The average Bonchev–Trinajstić information content (AvgIpc) is 2.67. The molecule has 1 saturated heterocycles. The van der Waals surface area contributed by atoms with Gasteiger partial charge in [-0.1, -0.05) is 42.5 Å². The summed E-state index contributed by atoms with van der Waals surface area (Å²) in [6.45, 7) is 2.18. The number of carbonyl (C=O) groups excluding carboxylic acids is 2. The van der Waals surface area contributed by atoms with E-state index in [0.717, 1.165) is 12.0 Å².